The van der Waals surface area contributed by atoms with Crippen LogP contribution in [0.5, 0.6) is 0 Å². The Morgan fingerprint density at radius 1 is 1.20 bits per heavy atom. The third kappa shape index (κ3) is 3.39. The molecule has 4 nitrogen and oxygen atoms in total. The molecule has 2 aromatic rings. The molecule has 0 bridgehead atoms. The summed E-state index contributed by atoms with van der Waals surface area (Å²) in [6.45, 7) is 2.12. The molecule has 0 aliphatic carbocycles. The quantitative estimate of drug-likeness (QED) is 0.861. The van der Waals surface area contributed by atoms with Crippen LogP contribution in [0.3, 0.4) is 0 Å². The first-order valence-corrected chi connectivity index (χ1v) is 8.76. The predicted octanol–water partition coefficient (Wildman–Crippen LogP) is 3.22. The Balaban J connectivity index is 2.15. The van der Waals surface area contributed by atoms with Crippen LogP contribution < -0.4 is 10.0 Å². The standard InChI is InChI=1S/C14H18N2O2S2/c1-3-13(14-5-4-10-19-14)16-11-6-8-12(9-7-11)20(17,18)15-2/h4-10,13,15-16H,3H2,1-2H3. The van der Waals surface area contributed by atoms with Gasteiger partial charge in [0.05, 0.1) is 10.9 Å². The first kappa shape index (κ1) is 15.0. The van der Waals surface area contributed by atoms with Crippen LogP contribution in [0, 0.1) is 0 Å². The van der Waals surface area contributed by atoms with E-state index in [0.717, 1.165) is 12.1 Å². The van der Waals surface area contributed by atoms with Crippen molar-refractivity contribution in [1.29, 1.82) is 0 Å². The monoisotopic (exact) mass is 310 g/mol. The highest BCUT2D eigenvalue weighted by molar-refractivity contribution is 7.89. The second-order valence-electron chi connectivity index (χ2n) is 4.35. The van der Waals surface area contributed by atoms with Gasteiger partial charge in [-0.25, -0.2) is 13.1 Å². The SMILES string of the molecule is CCC(Nc1ccc(S(=O)(=O)NC)cc1)c1cccs1. The fraction of sp³-hybridized carbons (Fsp3) is 0.286. The van der Waals surface area contributed by atoms with Crippen molar-refractivity contribution in [2.24, 2.45) is 0 Å². The maximum absolute atomic E-state index is 11.6. The number of sulfonamides is 1. The molecule has 1 aromatic heterocycles. The van der Waals surface area contributed by atoms with Crippen molar-refractivity contribution in [3.63, 3.8) is 0 Å². The van der Waals surface area contributed by atoms with Gasteiger partial charge in [0.15, 0.2) is 0 Å². The van der Waals surface area contributed by atoms with E-state index in [2.05, 4.69) is 28.4 Å². The number of nitrogens with one attached hydrogen (secondary N) is 2. The molecule has 1 heterocycles. The summed E-state index contributed by atoms with van der Waals surface area (Å²) in [6, 6.07) is 11.2. The molecule has 0 aliphatic heterocycles. The Morgan fingerprint density at radius 3 is 2.40 bits per heavy atom. The van der Waals surface area contributed by atoms with Gasteiger partial charge in [-0.2, -0.15) is 0 Å². The van der Waals surface area contributed by atoms with Crippen molar-refractivity contribution in [2.75, 3.05) is 12.4 Å². The van der Waals surface area contributed by atoms with Gasteiger partial charge in [0, 0.05) is 10.6 Å². The Kier molecular flexibility index (Phi) is 4.80. The number of hydrogen-bond donors (Lipinski definition) is 2. The van der Waals surface area contributed by atoms with Crippen LogP contribution in [-0.4, -0.2) is 15.5 Å². The summed E-state index contributed by atoms with van der Waals surface area (Å²) < 4.78 is 25.6. The van der Waals surface area contributed by atoms with Gasteiger partial charge in [-0.15, -0.1) is 11.3 Å². The lowest BCUT2D eigenvalue weighted by Gasteiger charge is -2.17. The molecule has 1 aromatic carbocycles. The minimum atomic E-state index is -3.37. The minimum absolute atomic E-state index is 0.252. The average molecular weight is 310 g/mol. The van der Waals surface area contributed by atoms with Gasteiger partial charge >= 0.3 is 0 Å². The molecule has 1 atom stereocenters. The van der Waals surface area contributed by atoms with E-state index in [4.69, 9.17) is 0 Å². The lowest BCUT2D eigenvalue weighted by molar-refractivity contribution is 0.588. The summed E-state index contributed by atoms with van der Waals surface area (Å²) in [5.74, 6) is 0. The molecule has 0 saturated carbocycles. The zero-order chi connectivity index (χ0) is 14.6. The Morgan fingerprint density at radius 2 is 1.90 bits per heavy atom. The largest absolute Gasteiger partial charge is 0.377 e. The van der Waals surface area contributed by atoms with Crippen molar-refractivity contribution in [3.8, 4) is 0 Å². The third-order valence-corrected chi connectivity index (χ3v) is 5.49. The topological polar surface area (TPSA) is 58.2 Å². The summed E-state index contributed by atoms with van der Waals surface area (Å²) in [6.07, 6.45) is 0.969. The lowest BCUT2D eigenvalue weighted by atomic mass is 10.1. The summed E-state index contributed by atoms with van der Waals surface area (Å²) in [5, 5.41) is 5.48. The van der Waals surface area contributed by atoms with E-state index in [9.17, 15) is 8.42 Å². The second kappa shape index (κ2) is 6.39. The van der Waals surface area contributed by atoms with Gasteiger partial charge in [0.25, 0.3) is 0 Å². The zero-order valence-electron chi connectivity index (χ0n) is 11.5. The van der Waals surface area contributed by atoms with Crippen LogP contribution >= 0.6 is 11.3 Å². The summed E-state index contributed by atoms with van der Waals surface area (Å²) in [4.78, 5) is 1.55. The molecule has 2 N–H and O–H groups in total. The molecule has 0 fully saturated rings. The Bertz CT molecular complexity index is 634. The van der Waals surface area contributed by atoms with E-state index in [1.807, 2.05) is 6.07 Å². The molecular formula is C14H18N2O2S2. The van der Waals surface area contributed by atoms with E-state index in [-0.39, 0.29) is 10.9 Å². The van der Waals surface area contributed by atoms with Gasteiger partial charge in [-0.1, -0.05) is 13.0 Å². The fourth-order valence-electron chi connectivity index (χ4n) is 1.91. The highest BCUT2D eigenvalue weighted by Crippen LogP contribution is 2.26. The summed E-state index contributed by atoms with van der Waals surface area (Å²) in [7, 11) is -1.96. The second-order valence-corrected chi connectivity index (χ2v) is 7.22. The van der Waals surface area contributed by atoms with Crippen LogP contribution in [-0.2, 0) is 10.0 Å². The smallest absolute Gasteiger partial charge is 0.240 e. The highest BCUT2D eigenvalue weighted by Gasteiger charge is 2.12. The number of hydrogen-bond acceptors (Lipinski definition) is 4. The number of anilines is 1. The maximum atomic E-state index is 11.6. The molecule has 6 heteroatoms. The fourth-order valence-corrected chi connectivity index (χ4v) is 3.50. The summed E-state index contributed by atoms with van der Waals surface area (Å²) in [5.41, 5.74) is 0.917. The third-order valence-electron chi connectivity index (χ3n) is 3.07. The molecule has 1 unspecified atom stereocenters. The van der Waals surface area contributed by atoms with Gasteiger partial charge in [0.1, 0.15) is 0 Å². The van der Waals surface area contributed by atoms with E-state index < -0.39 is 10.0 Å². The van der Waals surface area contributed by atoms with Crippen LogP contribution in [0.2, 0.25) is 0 Å². The van der Waals surface area contributed by atoms with Crippen molar-refractivity contribution >= 4 is 27.0 Å². The molecule has 0 spiro atoms. The first-order chi connectivity index (χ1) is 9.56. The van der Waals surface area contributed by atoms with E-state index in [0.29, 0.717) is 0 Å². The number of thiophene rings is 1. The molecule has 0 saturated heterocycles. The summed E-state index contributed by atoms with van der Waals surface area (Å²) >= 11 is 1.72. The van der Waals surface area contributed by atoms with Crippen LogP contribution in [0.15, 0.2) is 46.7 Å². The minimum Gasteiger partial charge on any atom is -0.377 e. The van der Waals surface area contributed by atoms with Gasteiger partial charge in [0.2, 0.25) is 10.0 Å². The van der Waals surface area contributed by atoms with Gasteiger partial charge in [-0.3, -0.25) is 0 Å². The van der Waals surface area contributed by atoms with Crippen LogP contribution in [0.1, 0.15) is 24.3 Å². The van der Waals surface area contributed by atoms with Crippen molar-refractivity contribution in [3.05, 3.63) is 46.7 Å². The predicted molar refractivity (Wildman–Crippen MR) is 83.7 cm³/mol. The Hall–Kier alpha value is -1.37. The zero-order valence-corrected chi connectivity index (χ0v) is 13.1. The molecule has 0 aliphatic rings. The Labute approximate surface area is 123 Å². The molecule has 108 valence electrons. The van der Waals surface area contributed by atoms with Crippen molar-refractivity contribution in [2.45, 2.75) is 24.3 Å². The van der Waals surface area contributed by atoms with E-state index >= 15 is 0 Å². The highest BCUT2D eigenvalue weighted by atomic mass is 32.2. The lowest BCUT2D eigenvalue weighted by Crippen LogP contribution is -2.18. The van der Waals surface area contributed by atoms with E-state index in [1.165, 1.54) is 11.9 Å². The van der Waals surface area contributed by atoms with Crippen molar-refractivity contribution < 1.29 is 8.42 Å². The van der Waals surface area contributed by atoms with E-state index in [1.54, 1.807) is 35.6 Å². The van der Waals surface area contributed by atoms with Gasteiger partial charge < -0.3 is 5.32 Å². The molecule has 2 rings (SSSR count). The molecule has 20 heavy (non-hydrogen) atoms. The maximum Gasteiger partial charge on any atom is 0.240 e. The normalized spacial score (nSPS) is 13.1. The van der Waals surface area contributed by atoms with Crippen LogP contribution in [0.4, 0.5) is 5.69 Å². The first-order valence-electron chi connectivity index (χ1n) is 6.40. The van der Waals surface area contributed by atoms with Crippen molar-refractivity contribution in [1.82, 2.24) is 4.72 Å². The molecule has 0 radical (unpaired) electrons. The molecule has 0 amide bonds. The number of benzene rings is 1. The van der Waals surface area contributed by atoms with Crippen LogP contribution in [0.25, 0.3) is 0 Å². The molecular weight excluding hydrogens is 292 g/mol. The van der Waals surface area contributed by atoms with Gasteiger partial charge in [-0.05, 0) is 49.2 Å². The number of rotatable bonds is 6. The average Bonchev–Trinajstić information content (AvgIpc) is 2.99.